The van der Waals surface area contributed by atoms with Crippen molar-refractivity contribution in [2.45, 2.75) is 0 Å². The fourth-order valence-electron chi connectivity index (χ4n) is 2.41. The molecular weight excluding hydrogens is 396 g/mol. The molecule has 0 atom stereocenters. The van der Waals surface area contributed by atoms with Gasteiger partial charge in [-0.3, -0.25) is 5.43 Å². The monoisotopic (exact) mass is 408 g/mol. The number of nitrogens with one attached hydrogen (secondary N) is 1. The Bertz CT molecular complexity index is 1090. The van der Waals surface area contributed by atoms with Crippen molar-refractivity contribution in [1.29, 1.82) is 0 Å². The number of hydrogen-bond acceptors (Lipinski definition) is 6. The number of phenolic OH excluding ortho intramolecular Hbond substituents is 1. The van der Waals surface area contributed by atoms with Crippen LogP contribution in [0.15, 0.2) is 70.2 Å². The summed E-state index contributed by atoms with van der Waals surface area (Å²) < 4.78 is 2.51. The highest BCUT2D eigenvalue weighted by Gasteiger charge is 2.09. The van der Waals surface area contributed by atoms with E-state index < -0.39 is 0 Å². The molecule has 2 heterocycles. The van der Waals surface area contributed by atoms with Crippen LogP contribution in [0.2, 0.25) is 0 Å². The number of aromatic nitrogens is 4. The largest absolute Gasteiger partial charge is 0.507 e. The second-order valence-electron chi connectivity index (χ2n) is 5.45. The van der Waals surface area contributed by atoms with Gasteiger partial charge >= 0.3 is 0 Å². The fourth-order valence-corrected chi connectivity index (χ4v) is 2.79. The van der Waals surface area contributed by atoms with Gasteiger partial charge in [-0.25, -0.2) is 0 Å². The molecule has 0 bridgehead atoms. The second-order valence-corrected chi connectivity index (χ2v) is 6.37. The highest BCUT2D eigenvalue weighted by molar-refractivity contribution is 9.10. The summed E-state index contributed by atoms with van der Waals surface area (Å²) in [5.41, 5.74) is 5.01. The van der Waals surface area contributed by atoms with E-state index in [1.165, 1.54) is 6.21 Å². The average molecular weight is 409 g/mol. The minimum absolute atomic E-state index is 0.146. The van der Waals surface area contributed by atoms with Gasteiger partial charge in [0.25, 0.3) is 0 Å². The van der Waals surface area contributed by atoms with Gasteiger partial charge < -0.3 is 5.11 Å². The van der Waals surface area contributed by atoms with E-state index >= 15 is 0 Å². The quantitative estimate of drug-likeness (QED) is 0.397. The number of nitrogens with zero attached hydrogens (tertiary/aromatic N) is 5. The Morgan fingerprint density at radius 2 is 1.88 bits per heavy atom. The van der Waals surface area contributed by atoms with Crippen molar-refractivity contribution in [3.05, 3.63) is 70.7 Å². The van der Waals surface area contributed by atoms with Crippen molar-refractivity contribution >= 4 is 33.6 Å². The third-order valence-electron chi connectivity index (χ3n) is 3.67. The minimum atomic E-state index is 0.146. The van der Waals surface area contributed by atoms with Gasteiger partial charge in [0.05, 0.1) is 6.21 Å². The molecule has 0 aliphatic carbocycles. The van der Waals surface area contributed by atoms with E-state index in [1.807, 2.05) is 30.3 Å². The van der Waals surface area contributed by atoms with Gasteiger partial charge in [0, 0.05) is 15.6 Å². The zero-order valence-corrected chi connectivity index (χ0v) is 15.0. The molecule has 0 unspecified atom stereocenters. The molecule has 0 amide bonds. The molecule has 0 saturated carbocycles. The molecule has 0 radical (unpaired) electrons. The highest BCUT2D eigenvalue weighted by atomic mass is 79.9. The predicted octanol–water partition coefficient (Wildman–Crippen LogP) is 3.71. The first-order valence-corrected chi connectivity index (χ1v) is 8.55. The van der Waals surface area contributed by atoms with E-state index in [9.17, 15) is 5.11 Å². The van der Waals surface area contributed by atoms with Crippen molar-refractivity contribution in [2.75, 3.05) is 5.43 Å². The second kappa shape index (κ2) is 6.93. The van der Waals surface area contributed by atoms with Crippen LogP contribution in [0.5, 0.6) is 5.75 Å². The highest BCUT2D eigenvalue weighted by Crippen LogP contribution is 2.20. The summed E-state index contributed by atoms with van der Waals surface area (Å²) in [7, 11) is 0. The van der Waals surface area contributed by atoms with E-state index in [0.717, 1.165) is 10.0 Å². The van der Waals surface area contributed by atoms with Crippen LogP contribution in [0.1, 0.15) is 5.56 Å². The first-order chi connectivity index (χ1) is 12.7. The summed E-state index contributed by atoms with van der Waals surface area (Å²) in [5.74, 6) is 1.32. The molecular formula is C18H13BrN6O. The number of anilines is 1. The third-order valence-corrected chi connectivity index (χ3v) is 4.16. The maximum atomic E-state index is 9.83. The lowest BCUT2D eigenvalue weighted by molar-refractivity contribution is 0.474. The van der Waals surface area contributed by atoms with Crippen LogP contribution >= 0.6 is 15.9 Å². The van der Waals surface area contributed by atoms with Crippen LogP contribution in [0.25, 0.3) is 17.0 Å². The van der Waals surface area contributed by atoms with Crippen LogP contribution in [0.4, 0.5) is 5.82 Å². The van der Waals surface area contributed by atoms with Gasteiger partial charge in [-0.1, -0.05) is 46.3 Å². The Balaban J connectivity index is 1.61. The van der Waals surface area contributed by atoms with Crippen LogP contribution in [0, 0.1) is 0 Å². The summed E-state index contributed by atoms with van der Waals surface area (Å²) in [5, 5.41) is 26.8. The molecule has 0 aliphatic heterocycles. The van der Waals surface area contributed by atoms with Gasteiger partial charge in [-0.05, 0) is 30.3 Å². The Labute approximate surface area is 157 Å². The molecule has 8 heteroatoms. The lowest BCUT2D eigenvalue weighted by Crippen LogP contribution is -2.00. The van der Waals surface area contributed by atoms with Crippen molar-refractivity contribution in [3.63, 3.8) is 0 Å². The van der Waals surface area contributed by atoms with Crippen molar-refractivity contribution in [2.24, 2.45) is 5.10 Å². The zero-order valence-electron chi connectivity index (χ0n) is 13.4. The Morgan fingerprint density at radius 3 is 2.73 bits per heavy atom. The Kier molecular flexibility index (Phi) is 4.32. The number of fused-ring (bicyclic) bond motifs is 1. The number of hydrogen-bond donors (Lipinski definition) is 2. The first-order valence-electron chi connectivity index (χ1n) is 7.76. The van der Waals surface area contributed by atoms with Crippen LogP contribution in [-0.2, 0) is 0 Å². The number of phenols is 1. The van der Waals surface area contributed by atoms with E-state index in [-0.39, 0.29) is 5.75 Å². The molecule has 2 N–H and O–H groups in total. The SMILES string of the molecule is Oc1ccc(Br)cc1C=NNc1ccc2nnc(-c3ccccc3)n2n1. The summed E-state index contributed by atoms with van der Waals surface area (Å²) >= 11 is 3.36. The summed E-state index contributed by atoms with van der Waals surface area (Å²) in [6, 6.07) is 18.4. The molecule has 0 fully saturated rings. The molecule has 2 aromatic heterocycles. The van der Waals surface area contributed by atoms with Crippen molar-refractivity contribution < 1.29 is 5.11 Å². The molecule has 26 heavy (non-hydrogen) atoms. The van der Waals surface area contributed by atoms with Gasteiger partial charge in [0.2, 0.25) is 0 Å². The Morgan fingerprint density at radius 1 is 1.04 bits per heavy atom. The lowest BCUT2D eigenvalue weighted by Gasteiger charge is -2.03. The summed E-state index contributed by atoms with van der Waals surface area (Å²) in [6.45, 7) is 0. The van der Waals surface area contributed by atoms with E-state index in [0.29, 0.717) is 22.9 Å². The number of aromatic hydroxyl groups is 1. The van der Waals surface area contributed by atoms with Gasteiger partial charge in [-0.2, -0.15) is 9.62 Å². The normalized spacial score (nSPS) is 11.3. The molecule has 4 aromatic rings. The van der Waals surface area contributed by atoms with E-state index in [4.69, 9.17) is 0 Å². The molecule has 0 aliphatic rings. The summed E-state index contributed by atoms with van der Waals surface area (Å²) in [4.78, 5) is 0. The molecule has 4 rings (SSSR count). The van der Waals surface area contributed by atoms with Crippen LogP contribution in [0.3, 0.4) is 0 Å². The molecule has 2 aromatic carbocycles. The smallest absolute Gasteiger partial charge is 0.185 e. The summed E-state index contributed by atoms with van der Waals surface area (Å²) in [6.07, 6.45) is 1.52. The van der Waals surface area contributed by atoms with Crippen molar-refractivity contribution in [3.8, 4) is 17.1 Å². The number of halogens is 1. The predicted molar refractivity (Wildman–Crippen MR) is 103 cm³/mol. The van der Waals surface area contributed by atoms with Crippen LogP contribution in [-0.4, -0.2) is 31.1 Å². The number of benzene rings is 2. The molecule has 0 saturated heterocycles. The van der Waals surface area contributed by atoms with Crippen LogP contribution < -0.4 is 5.43 Å². The van der Waals surface area contributed by atoms with Crippen molar-refractivity contribution in [1.82, 2.24) is 19.8 Å². The first kappa shape index (κ1) is 16.2. The zero-order chi connectivity index (χ0) is 17.9. The van der Waals surface area contributed by atoms with Gasteiger partial charge in [-0.15, -0.1) is 15.3 Å². The molecule has 0 spiro atoms. The maximum Gasteiger partial charge on any atom is 0.185 e. The van der Waals surface area contributed by atoms with E-state index in [1.54, 1.807) is 34.8 Å². The third kappa shape index (κ3) is 3.27. The van der Waals surface area contributed by atoms with E-state index in [2.05, 4.69) is 41.8 Å². The molecule has 128 valence electrons. The average Bonchev–Trinajstić information content (AvgIpc) is 3.08. The fraction of sp³-hybridized carbons (Fsp3) is 0. The topological polar surface area (TPSA) is 87.7 Å². The maximum absolute atomic E-state index is 9.83. The number of hydrazone groups is 1. The van der Waals surface area contributed by atoms with Gasteiger partial charge in [0.15, 0.2) is 17.3 Å². The van der Waals surface area contributed by atoms with Gasteiger partial charge in [0.1, 0.15) is 5.75 Å². The standard InChI is InChI=1S/C18H13BrN6O/c19-14-6-7-15(26)13(10-14)11-20-21-16-8-9-17-22-23-18(25(17)24-16)12-4-2-1-3-5-12/h1-11,26H,(H,21,24). The number of rotatable bonds is 4. The minimum Gasteiger partial charge on any atom is -0.507 e. The molecule has 7 nitrogen and oxygen atoms in total. The Hall–Kier alpha value is -3.26. The lowest BCUT2D eigenvalue weighted by atomic mass is 10.2.